The molecule has 2 aromatic rings. The third-order valence-electron chi connectivity index (χ3n) is 6.06. The minimum Gasteiger partial charge on any atom is -0.493 e. The summed E-state index contributed by atoms with van der Waals surface area (Å²) in [6, 6.07) is 5.16. The fourth-order valence-corrected chi connectivity index (χ4v) is 4.72. The van der Waals surface area contributed by atoms with Gasteiger partial charge < -0.3 is 28.4 Å². The van der Waals surface area contributed by atoms with Crippen LogP contribution < -0.4 is 23.7 Å². The van der Waals surface area contributed by atoms with Crippen LogP contribution in [0.5, 0.6) is 28.7 Å². The molecule has 2 aromatic carbocycles. The molecule has 8 nitrogen and oxygen atoms in total. The molecular weight excluding hydrogens is 390 g/mol. The Morgan fingerprint density at radius 2 is 1.83 bits per heavy atom. The molecule has 0 spiro atoms. The maximum Gasteiger partial charge on any atom is 0.339 e. The summed E-state index contributed by atoms with van der Waals surface area (Å²) in [7, 11) is 6.76. The average molecular weight is 413 g/mol. The molecule has 3 aliphatic heterocycles. The third kappa shape index (κ3) is 2.53. The molecule has 0 unspecified atom stereocenters. The molecule has 0 N–H and O–H groups in total. The van der Waals surface area contributed by atoms with Gasteiger partial charge in [0.25, 0.3) is 0 Å². The number of benzene rings is 2. The van der Waals surface area contributed by atoms with Crippen molar-refractivity contribution < 1.29 is 33.2 Å². The highest BCUT2D eigenvalue weighted by Gasteiger charge is 2.46. The van der Waals surface area contributed by atoms with Crippen molar-refractivity contribution in [2.75, 3.05) is 41.7 Å². The van der Waals surface area contributed by atoms with Crippen LogP contribution in [0.4, 0.5) is 0 Å². The second kappa shape index (κ2) is 6.98. The first kappa shape index (κ1) is 18.9. The number of carbonyl (C=O) groups is 1. The predicted molar refractivity (Wildman–Crippen MR) is 106 cm³/mol. The molecule has 0 saturated carbocycles. The zero-order valence-electron chi connectivity index (χ0n) is 17.3. The Morgan fingerprint density at radius 1 is 1.03 bits per heavy atom. The van der Waals surface area contributed by atoms with Gasteiger partial charge in [0.15, 0.2) is 29.1 Å². The summed E-state index contributed by atoms with van der Waals surface area (Å²) in [4.78, 5) is 14.9. The number of nitrogens with zero attached hydrogens (tertiary/aromatic N) is 1. The zero-order chi connectivity index (χ0) is 21.0. The summed E-state index contributed by atoms with van der Waals surface area (Å²) in [5, 5.41) is 0. The average Bonchev–Trinajstić information content (AvgIpc) is 3.35. The Morgan fingerprint density at radius 3 is 2.57 bits per heavy atom. The van der Waals surface area contributed by atoms with Gasteiger partial charge in [-0.2, -0.15) is 0 Å². The molecule has 158 valence electrons. The van der Waals surface area contributed by atoms with Crippen molar-refractivity contribution in [3.63, 3.8) is 0 Å². The monoisotopic (exact) mass is 413 g/mol. The standard InChI is InChI=1S/C22H23NO7/c1-23-8-7-11-9-14-19(29-10-28-14)21(27-4)15(11)17(23)20-16-12(22(24)30-20)5-6-13(25-2)18(16)26-3/h5-6,9,17,20H,7-8,10H2,1-4H3/t17-,20-/m1/s1. The van der Waals surface area contributed by atoms with Crippen LogP contribution >= 0.6 is 0 Å². The second-order valence-electron chi connectivity index (χ2n) is 7.48. The van der Waals surface area contributed by atoms with Crippen molar-refractivity contribution in [3.8, 4) is 28.7 Å². The lowest BCUT2D eigenvalue weighted by Crippen LogP contribution is -2.36. The molecule has 0 aliphatic carbocycles. The minimum absolute atomic E-state index is 0.154. The van der Waals surface area contributed by atoms with Gasteiger partial charge in [-0.05, 0) is 37.2 Å². The van der Waals surface area contributed by atoms with Gasteiger partial charge in [-0.15, -0.1) is 0 Å². The summed E-state index contributed by atoms with van der Waals surface area (Å²) >= 11 is 0. The molecule has 0 bridgehead atoms. The first-order valence-electron chi connectivity index (χ1n) is 9.74. The number of fused-ring (bicyclic) bond motifs is 3. The minimum atomic E-state index is -0.587. The van der Waals surface area contributed by atoms with Crippen LogP contribution in [0.1, 0.15) is 39.2 Å². The number of hydrogen-bond donors (Lipinski definition) is 0. The van der Waals surface area contributed by atoms with E-state index in [0.29, 0.717) is 39.9 Å². The molecular formula is C22H23NO7. The molecule has 3 aliphatic rings. The van der Waals surface area contributed by atoms with Gasteiger partial charge >= 0.3 is 5.97 Å². The van der Waals surface area contributed by atoms with Gasteiger partial charge in [-0.1, -0.05) is 0 Å². The van der Waals surface area contributed by atoms with Crippen LogP contribution in [0.3, 0.4) is 0 Å². The Labute approximate surface area is 174 Å². The molecule has 0 fully saturated rings. The molecule has 0 amide bonds. The van der Waals surface area contributed by atoms with Crippen LogP contribution in [0, 0.1) is 0 Å². The van der Waals surface area contributed by atoms with Crippen LogP contribution in [0.15, 0.2) is 18.2 Å². The van der Waals surface area contributed by atoms with Crippen LogP contribution in [-0.4, -0.2) is 52.6 Å². The maximum atomic E-state index is 12.7. The Bertz CT molecular complexity index is 1030. The van der Waals surface area contributed by atoms with Gasteiger partial charge in [0, 0.05) is 12.1 Å². The number of carbonyl (C=O) groups excluding carboxylic acids is 1. The van der Waals surface area contributed by atoms with Gasteiger partial charge in [-0.25, -0.2) is 4.79 Å². The summed E-state index contributed by atoms with van der Waals surface area (Å²) in [5.74, 6) is 2.55. The van der Waals surface area contributed by atoms with Gasteiger partial charge in [-0.3, -0.25) is 4.90 Å². The van der Waals surface area contributed by atoms with Crippen molar-refractivity contribution >= 4 is 5.97 Å². The highest BCUT2D eigenvalue weighted by molar-refractivity contribution is 5.95. The number of methoxy groups -OCH3 is 3. The first-order chi connectivity index (χ1) is 14.6. The number of hydrogen-bond acceptors (Lipinski definition) is 8. The van der Waals surface area contributed by atoms with Crippen LogP contribution in [0.25, 0.3) is 0 Å². The fraction of sp³-hybridized carbons (Fsp3) is 0.409. The third-order valence-corrected chi connectivity index (χ3v) is 6.06. The smallest absolute Gasteiger partial charge is 0.339 e. The summed E-state index contributed by atoms with van der Waals surface area (Å²) in [6.07, 6.45) is 0.230. The normalized spacial score (nSPS) is 21.7. The van der Waals surface area contributed by atoms with E-state index < -0.39 is 6.10 Å². The van der Waals surface area contributed by atoms with E-state index >= 15 is 0 Å². The van der Waals surface area contributed by atoms with Gasteiger partial charge in [0.1, 0.15) is 0 Å². The quantitative estimate of drug-likeness (QED) is 0.709. The van der Waals surface area contributed by atoms with Crippen molar-refractivity contribution in [2.45, 2.75) is 18.6 Å². The van der Waals surface area contributed by atoms with E-state index in [2.05, 4.69) is 4.90 Å². The van der Waals surface area contributed by atoms with E-state index in [9.17, 15) is 4.79 Å². The van der Waals surface area contributed by atoms with E-state index in [1.54, 1.807) is 33.5 Å². The first-order valence-corrected chi connectivity index (χ1v) is 9.74. The molecule has 5 rings (SSSR count). The summed E-state index contributed by atoms with van der Waals surface area (Å²) in [5.41, 5.74) is 3.20. The largest absolute Gasteiger partial charge is 0.493 e. The van der Waals surface area contributed by atoms with E-state index in [4.69, 9.17) is 28.4 Å². The Balaban J connectivity index is 1.72. The van der Waals surface area contributed by atoms with Crippen molar-refractivity contribution in [1.29, 1.82) is 0 Å². The number of rotatable bonds is 4. The molecule has 0 aromatic heterocycles. The number of ether oxygens (including phenoxy) is 6. The molecule has 0 saturated heterocycles. The highest BCUT2D eigenvalue weighted by Crippen LogP contribution is 2.56. The van der Waals surface area contributed by atoms with E-state index in [0.717, 1.165) is 24.1 Å². The zero-order valence-corrected chi connectivity index (χ0v) is 17.3. The lowest BCUT2D eigenvalue weighted by Gasteiger charge is -2.38. The molecule has 0 radical (unpaired) electrons. The number of esters is 1. The lowest BCUT2D eigenvalue weighted by atomic mass is 9.85. The Hall–Kier alpha value is -3.13. The molecule has 2 atom stereocenters. The summed E-state index contributed by atoms with van der Waals surface area (Å²) in [6.45, 7) is 0.942. The maximum absolute atomic E-state index is 12.7. The van der Waals surface area contributed by atoms with Crippen molar-refractivity contribution in [1.82, 2.24) is 4.90 Å². The molecule has 8 heteroatoms. The van der Waals surface area contributed by atoms with Gasteiger partial charge in [0.2, 0.25) is 12.5 Å². The van der Waals surface area contributed by atoms with E-state index in [-0.39, 0.29) is 18.8 Å². The fourth-order valence-electron chi connectivity index (χ4n) is 4.72. The number of likely N-dealkylation sites (N-methyl/N-ethyl adjacent to an activating group) is 1. The van der Waals surface area contributed by atoms with Crippen molar-refractivity contribution in [2.24, 2.45) is 0 Å². The van der Waals surface area contributed by atoms with E-state index in [1.165, 1.54) is 0 Å². The topological polar surface area (TPSA) is 75.7 Å². The molecule has 3 heterocycles. The Kier molecular flexibility index (Phi) is 4.39. The lowest BCUT2D eigenvalue weighted by molar-refractivity contribution is 0.00825. The van der Waals surface area contributed by atoms with Crippen molar-refractivity contribution in [3.05, 3.63) is 40.5 Å². The van der Waals surface area contributed by atoms with Crippen LogP contribution in [0.2, 0.25) is 0 Å². The molecule has 30 heavy (non-hydrogen) atoms. The predicted octanol–water partition coefficient (Wildman–Crippen LogP) is 2.88. The van der Waals surface area contributed by atoms with E-state index in [1.807, 2.05) is 13.1 Å². The SMILES string of the molecule is COc1ccc2c(c1OC)[C@H]([C@H]1c3c(cc4c(c3OC)OCO4)CCN1C)OC2=O. The van der Waals surface area contributed by atoms with Gasteiger partial charge in [0.05, 0.1) is 38.5 Å². The number of cyclic esters (lactones) is 1. The highest BCUT2D eigenvalue weighted by atomic mass is 16.7. The second-order valence-corrected chi connectivity index (χ2v) is 7.48. The van der Waals surface area contributed by atoms with Crippen LogP contribution in [-0.2, 0) is 11.2 Å². The summed E-state index contributed by atoms with van der Waals surface area (Å²) < 4.78 is 34.1.